The molecule has 33 heavy (non-hydrogen) atoms. The number of hydrogen-bond donors (Lipinski definition) is 1. The predicted octanol–water partition coefficient (Wildman–Crippen LogP) is 4.76. The summed E-state index contributed by atoms with van der Waals surface area (Å²) in [6, 6.07) is 11.6. The molecule has 8 nitrogen and oxygen atoms in total. The first-order valence-corrected chi connectivity index (χ1v) is 11.6. The lowest BCUT2D eigenvalue weighted by Crippen LogP contribution is -2.24. The summed E-state index contributed by atoms with van der Waals surface area (Å²) in [5.74, 6) is 2.58. The molecule has 2 aromatic heterocycles. The summed E-state index contributed by atoms with van der Waals surface area (Å²) >= 11 is 1.49. The van der Waals surface area contributed by atoms with Crippen molar-refractivity contribution in [3.05, 3.63) is 53.7 Å². The van der Waals surface area contributed by atoms with Gasteiger partial charge >= 0.3 is 0 Å². The van der Waals surface area contributed by atoms with E-state index in [4.69, 9.17) is 19.2 Å². The van der Waals surface area contributed by atoms with Crippen molar-refractivity contribution in [1.82, 2.24) is 14.8 Å². The summed E-state index contributed by atoms with van der Waals surface area (Å²) in [5, 5.41) is 8.26. The van der Waals surface area contributed by atoms with Gasteiger partial charge in [0.05, 0.1) is 36.7 Å². The van der Waals surface area contributed by atoms with Crippen LogP contribution in [0.1, 0.15) is 37.3 Å². The van der Waals surface area contributed by atoms with Crippen LogP contribution in [0, 0.1) is 0 Å². The Morgan fingerprint density at radius 1 is 1.12 bits per heavy atom. The van der Waals surface area contributed by atoms with Gasteiger partial charge in [0, 0.05) is 17.9 Å². The van der Waals surface area contributed by atoms with E-state index >= 15 is 0 Å². The van der Waals surface area contributed by atoms with E-state index in [-0.39, 0.29) is 11.8 Å². The highest BCUT2D eigenvalue weighted by molar-refractivity contribution is 7.20. The molecule has 0 fully saturated rings. The molecule has 9 heteroatoms. The molecular weight excluding hydrogens is 440 g/mol. The van der Waals surface area contributed by atoms with Gasteiger partial charge in [-0.15, -0.1) is 0 Å². The van der Waals surface area contributed by atoms with Crippen LogP contribution in [0.5, 0.6) is 17.2 Å². The highest BCUT2D eigenvalue weighted by Crippen LogP contribution is 2.41. The minimum absolute atomic E-state index is 0.0659. The molecule has 0 spiro atoms. The van der Waals surface area contributed by atoms with Gasteiger partial charge in [-0.25, -0.2) is 4.98 Å². The van der Waals surface area contributed by atoms with Gasteiger partial charge in [-0.1, -0.05) is 17.4 Å². The van der Waals surface area contributed by atoms with Gasteiger partial charge in [0.15, 0.2) is 11.5 Å². The zero-order valence-electron chi connectivity index (χ0n) is 18.6. The lowest BCUT2D eigenvalue weighted by atomic mass is 9.87. The second-order valence-corrected chi connectivity index (χ2v) is 8.58. The van der Waals surface area contributed by atoms with E-state index in [0.29, 0.717) is 42.1 Å². The molecule has 1 amide bonds. The standard InChI is InChI=1S/C24H24N4O4S/c1-4-31-19-9-6-14(10-20(19)32-5-2)16-12-22(29)27-23-17(16)13-25-28(23)24-26-18-8-7-15(30-3)11-21(18)33-24/h6-11,13,16H,4-5,12H2,1-3H3,(H,27,29)/t16-/m0/s1. The zero-order chi connectivity index (χ0) is 22.9. The van der Waals surface area contributed by atoms with E-state index in [2.05, 4.69) is 10.4 Å². The number of thiazole rings is 1. The maximum absolute atomic E-state index is 12.7. The van der Waals surface area contributed by atoms with Crippen LogP contribution < -0.4 is 19.5 Å². The van der Waals surface area contributed by atoms with Crippen molar-refractivity contribution in [3.63, 3.8) is 0 Å². The number of nitrogens with one attached hydrogen (secondary N) is 1. The molecule has 0 saturated heterocycles. The Bertz CT molecular complexity index is 1330. The van der Waals surface area contributed by atoms with Crippen LogP contribution in [0.3, 0.4) is 0 Å². The van der Waals surface area contributed by atoms with Crippen LogP contribution in [0.4, 0.5) is 5.82 Å². The van der Waals surface area contributed by atoms with Crippen LogP contribution >= 0.6 is 11.3 Å². The van der Waals surface area contributed by atoms with E-state index in [1.807, 2.05) is 56.4 Å². The van der Waals surface area contributed by atoms with Crippen LogP contribution in [0.2, 0.25) is 0 Å². The first kappa shape index (κ1) is 21.3. The number of methoxy groups -OCH3 is 1. The molecule has 4 aromatic rings. The molecule has 1 N–H and O–H groups in total. The summed E-state index contributed by atoms with van der Waals surface area (Å²) in [6.45, 7) is 4.95. The molecule has 1 aliphatic rings. The Balaban J connectivity index is 1.55. The van der Waals surface area contributed by atoms with Gasteiger partial charge in [-0.05, 0) is 49.7 Å². The quantitative estimate of drug-likeness (QED) is 0.424. The minimum Gasteiger partial charge on any atom is -0.497 e. The van der Waals surface area contributed by atoms with Crippen molar-refractivity contribution in [1.29, 1.82) is 0 Å². The maximum Gasteiger partial charge on any atom is 0.226 e. The molecule has 5 rings (SSSR count). The van der Waals surface area contributed by atoms with Crippen LogP contribution in [0.25, 0.3) is 15.3 Å². The molecular formula is C24H24N4O4S. The number of ether oxygens (including phenoxy) is 3. The Morgan fingerprint density at radius 2 is 1.94 bits per heavy atom. The number of rotatable bonds is 7. The Labute approximate surface area is 195 Å². The third kappa shape index (κ3) is 3.89. The number of hydrogen-bond acceptors (Lipinski definition) is 7. The molecule has 0 aliphatic carbocycles. The molecule has 0 bridgehead atoms. The summed E-state index contributed by atoms with van der Waals surface area (Å²) < 4.78 is 19.5. The zero-order valence-corrected chi connectivity index (χ0v) is 19.4. The van der Waals surface area contributed by atoms with Gasteiger partial charge in [0.1, 0.15) is 11.6 Å². The lowest BCUT2D eigenvalue weighted by molar-refractivity contribution is -0.116. The average molecular weight is 465 g/mol. The number of fused-ring (bicyclic) bond motifs is 2. The molecule has 1 aliphatic heterocycles. The fourth-order valence-electron chi connectivity index (χ4n) is 4.06. The van der Waals surface area contributed by atoms with Crippen molar-refractivity contribution >= 4 is 33.3 Å². The fourth-order valence-corrected chi connectivity index (χ4v) is 5.02. The third-order valence-electron chi connectivity index (χ3n) is 5.56. The van der Waals surface area contributed by atoms with Crippen molar-refractivity contribution < 1.29 is 19.0 Å². The number of carbonyl (C=O) groups is 1. The van der Waals surface area contributed by atoms with Crippen LogP contribution in [0.15, 0.2) is 42.6 Å². The van der Waals surface area contributed by atoms with Crippen LogP contribution in [-0.2, 0) is 4.79 Å². The fraction of sp³-hybridized carbons (Fsp3) is 0.292. The molecule has 170 valence electrons. The smallest absolute Gasteiger partial charge is 0.226 e. The van der Waals surface area contributed by atoms with E-state index in [1.165, 1.54) is 11.3 Å². The monoisotopic (exact) mass is 464 g/mol. The summed E-state index contributed by atoms with van der Waals surface area (Å²) in [7, 11) is 1.64. The maximum atomic E-state index is 12.7. The molecule has 0 radical (unpaired) electrons. The third-order valence-corrected chi connectivity index (χ3v) is 6.55. The summed E-state index contributed by atoms with van der Waals surface area (Å²) in [6.07, 6.45) is 2.14. The lowest BCUT2D eigenvalue weighted by Gasteiger charge is -2.24. The first-order chi connectivity index (χ1) is 16.1. The summed E-state index contributed by atoms with van der Waals surface area (Å²) in [5.41, 5.74) is 2.77. The molecule has 0 saturated carbocycles. The Morgan fingerprint density at radius 3 is 2.73 bits per heavy atom. The van der Waals surface area contributed by atoms with E-state index in [0.717, 1.165) is 27.1 Å². The number of benzene rings is 2. The van der Waals surface area contributed by atoms with E-state index in [9.17, 15) is 4.79 Å². The van der Waals surface area contributed by atoms with Gasteiger partial charge in [0.25, 0.3) is 0 Å². The topological polar surface area (TPSA) is 87.5 Å². The predicted molar refractivity (Wildman–Crippen MR) is 127 cm³/mol. The number of nitrogens with zero attached hydrogens (tertiary/aromatic N) is 3. The normalized spacial score (nSPS) is 15.2. The Kier molecular flexibility index (Phi) is 5.63. The van der Waals surface area contributed by atoms with Gasteiger partial charge in [-0.2, -0.15) is 9.78 Å². The first-order valence-electron chi connectivity index (χ1n) is 10.8. The molecule has 0 unspecified atom stereocenters. The second-order valence-electron chi connectivity index (χ2n) is 7.57. The summed E-state index contributed by atoms with van der Waals surface area (Å²) in [4.78, 5) is 17.4. The number of anilines is 1. The molecule has 1 atom stereocenters. The van der Waals surface area contributed by atoms with Gasteiger partial charge < -0.3 is 19.5 Å². The van der Waals surface area contributed by atoms with Gasteiger partial charge in [0.2, 0.25) is 11.0 Å². The minimum atomic E-state index is -0.146. The van der Waals surface area contributed by atoms with Crippen molar-refractivity contribution in [2.24, 2.45) is 0 Å². The van der Waals surface area contributed by atoms with Crippen molar-refractivity contribution in [2.75, 3.05) is 25.6 Å². The number of amides is 1. The second kappa shape index (κ2) is 8.74. The van der Waals surface area contributed by atoms with Gasteiger partial charge in [-0.3, -0.25) is 4.79 Å². The van der Waals surface area contributed by atoms with Crippen molar-refractivity contribution in [3.8, 4) is 22.4 Å². The van der Waals surface area contributed by atoms with E-state index in [1.54, 1.807) is 11.8 Å². The largest absolute Gasteiger partial charge is 0.497 e. The Hall–Kier alpha value is -3.59. The van der Waals surface area contributed by atoms with E-state index < -0.39 is 0 Å². The highest BCUT2D eigenvalue weighted by atomic mass is 32.1. The number of carbonyl (C=O) groups excluding carboxylic acids is 1. The SMILES string of the molecule is CCOc1ccc([C@@H]2CC(=O)Nc3c2cnn3-c2nc3ccc(OC)cc3s2)cc1OCC. The molecule has 3 heterocycles. The molecule has 2 aromatic carbocycles. The number of aromatic nitrogens is 3. The average Bonchev–Trinajstić information content (AvgIpc) is 3.43. The van der Waals surface area contributed by atoms with Crippen LogP contribution in [-0.4, -0.2) is 41.0 Å². The van der Waals surface area contributed by atoms with Crippen molar-refractivity contribution in [2.45, 2.75) is 26.2 Å². The highest BCUT2D eigenvalue weighted by Gasteiger charge is 2.31.